The number of halogens is 1. The number of hydrogen-bond donors (Lipinski definition) is 1. The van der Waals surface area contributed by atoms with E-state index in [-0.39, 0.29) is 23.8 Å². The van der Waals surface area contributed by atoms with Crippen LogP contribution in [0.25, 0.3) is 11.1 Å². The van der Waals surface area contributed by atoms with Crippen molar-refractivity contribution in [3.8, 4) is 16.9 Å². The molecule has 1 fully saturated rings. The topological polar surface area (TPSA) is 76.1 Å². The third-order valence-corrected chi connectivity index (χ3v) is 9.79. The number of carboxylic acid groups (broad SMARTS) is 1. The Labute approximate surface area is 249 Å². The van der Waals surface area contributed by atoms with Gasteiger partial charge in [-0.3, -0.25) is 4.79 Å². The van der Waals surface area contributed by atoms with Gasteiger partial charge < -0.3 is 19.5 Å². The molecule has 1 amide bonds. The fourth-order valence-corrected chi connectivity index (χ4v) is 7.64. The van der Waals surface area contributed by atoms with Crippen molar-refractivity contribution in [1.82, 2.24) is 4.90 Å². The van der Waals surface area contributed by atoms with Gasteiger partial charge in [0.05, 0.1) is 18.6 Å². The van der Waals surface area contributed by atoms with E-state index in [1.165, 1.54) is 12.5 Å². The normalized spacial score (nSPS) is 20.9. The molecule has 7 heteroatoms. The van der Waals surface area contributed by atoms with Gasteiger partial charge >= 0.3 is 5.97 Å². The van der Waals surface area contributed by atoms with Crippen LogP contribution in [0.4, 0.5) is 4.39 Å². The third-order valence-electron chi connectivity index (χ3n) is 9.79. The maximum absolute atomic E-state index is 15.6. The zero-order valence-corrected chi connectivity index (χ0v) is 26.5. The number of ether oxygens (including phenoxy) is 2. The van der Waals surface area contributed by atoms with E-state index in [0.29, 0.717) is 42.0 Å². The lowest BCUT2D eigenvalue weighted by atomic mass is 9.71. The summed E-state index contributed by atoms with van der Waals surface area (Å²) in [5, 5.41) is 10.5. The molecule has 228 valence electrons. The summed E-state index contributed by atoms with van der Waals surface area (Å²) < 4.78 is 27.6. The van der Waals surface area contributed by atoms with E-state index < -0.39 is 23.5 Å². The number of carbonyl (C=O) groups excluding carboxylic acids is 1. The van der Waals surface area contributed by atoms with Crippen molar-refractivity contribution in [2.24, 2.45) is 5.41 Å². The van der Waals surface area contributed by atoms with Crippen LogP contribution in [0.1, 0.15) is 112 Å². The maximum atomic E-state index is 15.6. The molecular weight excluding hydrogens is 533 g/mol. The van der Waals surface area contributed by atoms with E-state index in [0.717, 1.165) is 59.1 Å². The Balaban J connectivity index is 1.78. The summed E-state index contributed by atoms with van der Waals surface area (Å²) in [7, 11) is 0. The average Bonchev–Trinajstić information content (AvgIpc) is 2.91. The van der Waals surface area contributed by atoms with Crippen molar-refractivity contribution >= 4 is 11.9 Å². The Kier molecular flexibility index (Phi) is 7.97. The smallest absolute Gasteiger partial charge is 0.337 e. The van der Waals surface area contributed by atoms with Crippen molar-refractivity contribution in [3.05, 3.63) is 50.8 Å². The van der Waals surface area contributed by atoms with Crippen LogP contribution in [0.3, 0.4) is 0 Å². The second-order valence-electron chi connectivity index (χ2n) is 14.2. The molecule has 0 saturated heterocycles. The van der Waals surface area contributed by atoms with Crippen LogP contribution in [0, 0.1) is 32.0 Å². The highest BCUT2D eigenvalue weighted by Crippen LogP contribution is 2.47. The lowest BCUT2D eigenvalue weighted by Gasteiger charge is -2.47. The second kappa shape index (κ2) is 11.0. The van der Waals surface area contributed by atoms with Gasteiger partial charge in [0, 0.05) is 23.7 Å². The lowest BCUT2D eigenvalue weighted by Crippen LogP contribution is -2.51. The summed E-state index contributed by atoms with van der Waals surface area (Å²) in [6, 6.07) is 1.65. The molecule has 0 radical (unpaired) electrons. The zero-order chi connectivity index (χ0) is 30.7. The molecule has 2 heterocycles. The van der Waals surface area contributed by atoms with E-state index in [9.17, 15) is 14.7 Å². The van der Waals surface area contributed by atoms with Crippen molar-refractivity contribution in [1.29, 1.82) is 0 Å². The number of rotatable bonds is 5. The van der Waals surface area contributed by atoms with Gasteiger partial charge in [-0.2, -0.15) is 0 Å². The summed E-state index contributed by atoms with van der Waals surface area (Å²) in [5.41, 5.74) is 6.42. The fraction of sp³-hybridized carbons (Fsp3) is 0.600. The first-order valence-corrected chi connectivity index (χ1v) is 15.4. The number of benzene rings is 2. The first-order chi connectivity index (χ1) is 19.6. The van der Waals surface area contributed by atoms with Gasteiger partial charge in [-0.25, -0.2) is 9.18 Å². The molecule has 2 aliphatic heterocycles. The quantitative estimate of drug-likeness (QED) is 0.396. The third kappa shape index (κ3) is 5.34. The Hall–Kier alpha value is -2.93. The lowest BCUT2D eigenvalue weighted by molar-refractivity contribution is -0.160. The average molecular weight is 580 g/mol. The van der Waals surface area contributed by atoms with Crippen molar-refractivity contribution in [2.75, 3.05) is 6.61 Å². The van der Waals surface area contributed by atoms with Gasteiger partial charge in [-0.15, -0.1) is 0 Å². The minimum Gasteiger partial charge on any atom is -0.490 e. The van der Waals surface area contributed by atoms with Gasteiger partial charge in [0.1, 0.15) is 0 Å². The number of nitrogens with zero attached hydrogens (tertiary/aromatic N) is 1. The molecule has 6 nitrogen and oxygen atoms in total. The van der Waals surface area contributed by atoms with Crippen molar-refractivity contribution < 1.29 is 28.6 Å². The van der Waals surface area contributed by atoms with Gasteiger partial charge in [0.15, 0.2) is 17.7 Å². The summed E-state index contributed by atoms with van der Waals surface area (Å²) in [5.74, 6) is -1.16. The van der Waals surface area contributed by atoms with Crippen LogP contribution in [0.2, 0.25) is 0 Å². The molecule has 0 spiro atoms. The minimum absolute atomic E-state index is 0.0181. The number of aliphatic carboxylic acids is 1. The second-order valence-corrected chi connectivity index (χ2v) is 14.2. The number of fused-ring (bicyclic) bond motifs is 2. The summed E-state index contributed by atoms with van der Waals surface area (Å²) >= 11 is 0. The molecule has 0 aromatic heterocycles. The minimum atomic E-state index is -1.29. The molecule has 5 rings (SSSR count). The van der Waals surface area contributed by atoms with Crippen LogP contribution in [0.5, 0.6) is 5.75 Å². The molecule has 1 N–H and O–H groups in total. The Bertz CT molecular complexity index is 1440. The highest BCUT2D eigenvalue weighted by atomic mass is 19.1. The first-order valence-electron chi connectivity index (χ1n) is 15.4. The predicted octanol–water partition coefficient (Wildman–Crippen LogP) is 7.54. The van der Waals surface area contributed by atoms with Crippen molar-refractivity contribution in [2.45, 2.75) is 125 Å². The molecule has 0 bridgehead atoms. The molecule has 3 aliphatic rings. The summed E-state index contributed by atoms with van der Waals surface area (Å²) in [4.78, 5) is 28.7. The molecule has 1 saturated carbocycles. The molecule has 2 aromatic rings. The van der Waals surface area contributed by atoms with E-state index in [4.69, 9.17) is 9.47 Å². The summed E-state index contributed by atoms with van der Waals surface area (Å²) in [6.07, 6.45) is 4.76. The van der Waals surface area contributed by atoms with Gasteiger partial charge in [0.25, 0.3) is 0 Å². The van der Waals surface area contributed by atoms with E-state index in [1.807, 2.05) is 41.5 Å². The first kappa shape index (κ1) is 30.5. The van der Waals surface area contributed by atoms with E-state index in [2.05, 4.69) is 18.7 Å². The number of carboxylic acids is 1. The fourth-order valence-electron chi connectivity index (χ4n) is 7.64. The Morgan fingerprint density at radius 2 is 1.81 bits per heavy atom. The Morgan fingerprint density at radius 3 is 2.45 bits per heavy atom. The molecule has 0 unspecified atom stereocenters. The number of amides is 1. The van der Waals surface area contributed by atoms with E-state index >= 15 is 4.39 Å². The van der Waals surface area contributed by atoms with Gasteiger partial charge in [0.2, 0.25) is 5.91 Å². The molecular formula is C35H46FNO5. The summed E-state index contributed by atoms with van der Waals surface area (Å²) in [6.45, 7) is 16.8. The molecule has 2 atom stereocenters. The predicted molar refractivity (Wildman–Crippen MR) is 161 cm³/mol. The van der Waals surface area contributed by atoms with Crippen LogP contribution in [0.15, 0.2) is 6.07 Å². The monoisotopic (exact) mass is 579 g/mol. The molecule has 42 heavy (non-hydrogen) atoms. The highest BCUT2D eigenvalue weighted by molar-refractivity contribution is 5.89. The van der Waals surface area contributed by atoms with Crippen LogP contribution in [-0.2, 0) is 33.7 Å². The maximum Gasteiger partial charge on any atom is 0.337 e. The van der Waals surface area contributed by atoms with E-state index in [1.54, 1.807) is 0 Å². The largest absolute Gasteiger partial charge is 0.490 e. The van der Waals surface area contributed by atoms with Crippen LogP contribution in [-0.4, -0.2) is 40.1 Å². The number of hydrogen-bond acceptors (Lipinski definition) is 4. The SMILES string of the molecule is Cc1c(-c2c(C)c3c(c(C)c2[C@H](OC(C)(C)C)C(=O)O)CC(=O)N([C@@H]2CCCCC2(C)C)C3)cc(F)c2c1CCCO2. The highest BCUT2D eigenvalue weighted by Gasteiger charge is 2.42. The molecule has 1 aliphatic carbocycles. The number of carbonyl (C=O) groups is 2. The van der Waals surface area contributed by atoms with Gasteiger partial charge in [-0.05, 0) is 118 Å². The Morgan fingerprint density at radius 1 is 1.10 bits per heavy atom. The molecule has 2 aromatic carbocycles. The zero-order valence-electron chi connectivity index (χ0n) is 26.5. The van der Waals surface area contributed by atoms with Crippen LogP contribution >= 0.6 is 0 Å². The van der Waals surface area contributed by atoms with Crippen LogP contribution < -0.4 is 4.74 Å². The van der Waals surface area contributed by atoms with Crippen molar-refractivity contribution in [3.63, 3.8) is 0 Å². The van der Waals surface area contributed by atoms with Gasteiger partial charge in [-0.1, -0.05) is 26.7 Å². The standard InChI is InChI=1S/C35H46FNO5/c1-19-22-12-11-15-41-31(22)26(36)16-24(19)29-21(3)25-18-37(27-13-9-10-14-35(27,7)8)28(38)17-23(25)20(2)30(29)32(33(39)40)42-34(4,5)6/h16,27,32H,9-15,17-18H2,1-8H3,(H,39,40)/t27-,32+/m1/s1.